The largest absolute Gasteiger partial charge is 0.319 e. The molecule has 0 amide bonds. The fourth-order valence-corrected chi connectivity index (χ4v) is 4.11. The van der Waals surface area contributed by atoms with Crippen molar-refractivity contribution >= 4 is 22.4 Å². The molecule has 1 N–H and O–H groups in total. The van der Waals surface area contributed by atoms with Crippen LogP contribution in [-0.2, 0) is 10.0 Å². The van der Waals surface area contributed by atoms with Crippen molar-refractivity contribution in [3.8, 4) is 0 Å². The molecule has 0 spiro atoms. The van der Waals surface area contributed by atoms with Gasteiger partial charge in [-0.05, 0) is 63.0 Å². The predicted octanol–water partition coefficient (Wildman–Crippen LogP) is 1.96. The SMILES string of the molecule is CNCC1CCN(S(=O)(=O)c2ccc(C)c(C)c2)C1.Cl. The Bertz CT molecular complexity index is 560. The second-order valence-corrected chi connectivity index (χ2v) is 7.26. The van der Waals surface area contributed by atoms with Gasteiger partial charge >= 0.3 is 0 Å². The van der Waals surface area contributed by atoms with Crippen LogP contribution in [0.1, 0.15) is 17.5 Å². The lowest BCUT2D eigenvalue weighted by molar-refractivity contribution is 0.451. The van der Waals surface area contributed by atoms with Crippen molar-refractivity contribution < 1.29 is 8.42 Å². The predicted molar refractivity (Wildman–Crippen MR) is 84.0 cm³/mol. The minimum absolute atomic E-state index is 0. The van der Waals surface area contributed by atoms with Crippen LogP contribution in [0.4, 0.5) is 0 Å². The first-order chi connectivity index (χ1) is 8.95. The van der Waals surface area contributed by atoms with Crippen LogP contribution in [0.3, 0.4) is 0 Å². The molecule has 6 heteroatoms. The Morgan fingerprint density at radius 2 is 2.00 bits per heavy atom. The summed E-state index contributed by atoms with van der Waals surface area (Å²) in [5.74, 6) is 0.423. The highest BCUT2D eigenvalue weighted by Gasteiger charge is 2.32. The van der Waals surface area contributed by atoms with E-state index in [0.717, 1.165) is 24.1 Å². The van der Waals surface area contributed by atoms with Gasteiger partial charge in [-0.1, -0.05) is 6.07 Å². The first-order valence-corrected chi connectivity index (χ1v) is 8.11. The monoisotopic (exact) mass is 318 g/mol. The molecule has 1 saturated heterocycles. The average molecular weight is 319 g/mol. The number of rotatable bonds is 4. The molecule has 1 heterocycles. The highest BCUT2D eigenvalue weighted by Crippen LogP contribution is 2.25. The molecule has 1 aliphatic heterocycles. The number of halogens is 1. The molecule has 4 nitrogen and oxygen atoms in total. The number of aryl methyl sites for hydroxylation is 2. The molecule has 1 fully saturated rings. The second-order valence-electron chi connectivity index (χ2n) is 5.32. The van der Waals surface area contributed by atoms with Crippen LogP contribution in [0, 0.1) is 19.8 Å². The minimum atomic E-state index is -3.32. The third-order valence-corrected chi connectivity index (χ3v) is 5.72. The Kier molecular flexibility index (Phi) is 6.01. The van der Waals surface area contributed by atoms with Crippen LogP contribution >= 0.6 is 12.4 Å². The molecule has 0 saturated carbocycles. The van der Waals surface area contributed by atoms with E-state index in [1.165, 1.54) is 0 Å². The maximum absolute atomic E-state index is 12.6. The quantitative estimate of drug-likeness (QED) is 0.923. The summed E-state index contributed by atoms with van der Waals surface area (Å²) in [6, 6.07) is 5.36. The zero-order valence-electron chi connectivity index (χ0n) is 12.2. The first-order valence-electron chi connectivity index (χ1n) is 6.67. The third kappa shape index (κ3) is 3.52. The Hall–Kier alpha value is -0.620. The number of nitrogens with one attached hydrogen (secondary N) is 1. The van der Waals surface area contributed by atoms with Gasteiger partial charge < -0.3 is 5.32 Å². The fourth-order valence-electron chi connectivity index (χ4n) is 2.49. The highest BCUT2D eigenvalue weighted by atomic mass is 35.5. The molecule has 0 bridgehead atoms. The molecular weight excluding hydrogens is 296 g/mol. The van der Waals surface area contributed by atoms with Crippen LogP contribution < -0.4 is 5.32 Å². The van der Waals surface area contributed by atoms with Crippen molar-refractivity contribution in [1.29, 1.82) is 0 Å². The molecule has 1 atom stereocenters. The van der Waals surface area contributed by atoms with Crippen molar-refractivity contribution in [3.05, 3.63) is 29.3 Å². The molecule has 0 aromatic heterocycles. The van der Waals surface area contributed by atoms with Crippen molar-refractivity contribution in [3.63, 3.8) is 0 Å². The zero-order valence-corrected chi connectivity index (χ0v) is 13.9. The molecule has 114 valence electrons. The Balaban J connectivity index is 0.00000200. The summed E-state index contributed by atoms with van der Waals surface area (Å²) in [6.45, 7) is 6.06. The topological polar surface area (TPSA) is 49.4 Å². The number of nitrogens with zero attached hydrogens (tertiary/aromatic N) is 1. The summed E-state index contributed by atoms with van der Waals surface area (Å²) >= 11 is 0. The highest BCUT2D eigenvalue weighted by molar-refractivity contribution is 7.89. The number of benzene rings is 1. The Morgan fingerprint density at radius 1 is 1.30 bits per heavy atom. The zero-order chi connectivity index (χ0) is 14.0. The molecule has 0 aliphatic carbocycles. The van der Waals surface area contributed by atoms with Gasteiger partial charge in [0.25, 0.3) is 0 Å². The lowest BCUT2D eigenvalue weighted by atomic mass is 10.1. The molecule has 0 radical (unpaired) electrons. The van der Waals surface area contributed by atoms with Crippen LogP contribution in [0.2, 0.25) is 0 Å². The normalized spacial score (nSPS) is 19.9. The average Bonchev–Trinajstić information content (AvgIpc) is 2.82. The molecular formula is C14H23ClN2O2S. The molecule has 20 heavy (non-hydrogen) atoms. The van der Waals surface area contributed by atoms with Crippen LogP contribution in [0.15, 0.2) is 23.1 Å². The van der Waals surface area contributed by atoms with Gasteiger partial charge in [-0.3, -0.25) is 0 Å². The summed E-state index contributed by atoms with van der Waals surface area (Å²) < 4.78 is 26.7. The molecule has 2 rings (SSSR count). The van der Waals surface area contributed by atoms with Crippen LogP contribution in [-0.4, -0.2) is 39.4 Å². The lowest BCUT2D eigenvalue weighted by Crippen LogP contribution is -2.30. The van der Waals surface area contributed by atoms with Crippen LogP contribution in [0.5, 0.6) is 0 Å². The van der Waals surface area contributed by atoms with Crippen LogP contribution in [0.25, 0.3) is 0 Å². The van der Waals surface area contributed by atoms with E-state index in [1.54, 1.807) is 16.4 Å². The van der Waals surface area contributed by atoms with Gasteiger partial charge in [0.1, 0.15) is 0 Å². The van der Waals surface area contributed by atoms with Gasteiger partial charge in [0.2, 0.25) is 10.0 Å². The maximum Gasteiger partial charge on any atom is 0.243 e. The van der Waals surface area contributed by atoms with Gasteiger partial charge in [0.05, 0.1) is 4.90 Å². The van der Waals surface area contributed by atoms with E-state index >= 15 is 0 Å². The smallest absolute Gasteiger partial charge is 0.243 e. The molecule has 1 aromatic carbocycles. The molecule has 1 unspecified atom stereocenters. The van der Waals surface area contributed by atoms with Gasteiger partial charge in [-0.15, -0.1) is 12.4 Å². The summed E-state index contributed by atoms with van der Waals surface area (Å²) in [4.78, 5) is 0.417. The van der Waals surface area contributed by atoms with Gasteiger partial charge in [-0.25, -0.2) is 8.42 Å². The number of hydrogen-bond acceptors (Lipinski definition) is 3. The van der Waals surface area contributed by atoms with Gasteiger partial charge in [-0.2, -0.15) is 4.31 Å². The lowest BCUT2D eigenvalue weighted by Gasteiger charge is -2.17. The number of hydrogen-bond donors (Lipinski definition) is 1. The molecule has 1 aliphatic rings. The first kappa shape index (κ1) is 17.4. The van der Waals surface area contributed by atoms with Crippen molar-refractivity contribution in [2.24, 2.45) is 5.92 Å². The second kappa shape index (κ2) is 6.89. The van der Waals surface area contributed by atoms with E-state index in [0.29, 0.717) is 23.9 Å². The minimum Gasteiger partial charge on any atom is -0.319 e. The summed E-state index contributed by atoms with van der Waals surface area (Å²) in [6.07, 6.45) is 0.935. The fraction of sp³-hybridized carbons (Fsp3) is 0.571. The van der Waals surface area contributed by atoms with Crippen molar-refractivity contribution in [2.75, 3.05) is 26.7 Å². The van der Waals surface area contributed by atoms with Crippen molar-refractivity contribution in [2.45, 2.75) is 25.2 Å². The van der Waals surface area contributed by atoms with E-state index in [9.17, 15) is 8.42 Å². The summed E-state index contributed by atoms with van der Waals surface area (Å²) in [7, 11) is -1.42. The standard InChI is InChI=1S/C14H22N2O2S.ClH/c1-11-4-5-14(8-12(11)2)19(17,18)16-7-6-13(10-16)9-15-3;/h4-5,8,13,15H,6-7,9-10H2,1-3H3;1H. The van der Waals surface area contributed by atoms with Gasteiger partial charge in [0, 0.05) is 13.1 Å². The third-order valence-electron chi connectivity index (χ3n) is 3.86. The van der Waals surface area contributed by atoms with E-state index < -0.39 is 10.0 Å². The van der Waals surface area contributed by atoms with Crippen molar-refractivity contribution in [1.82, 2.24) is 9.62 Å². The molecule has 1 aromatic rings. The van der Waals surface area contributed by atoms with E-state index in [-0.39, 0.29) is 12.4 Å². The summed E-state index contributed by atoms with van der Waals surface area (Å²) in [5.41, 5.74) is 2.14. The summed E-state index contributed by atoms with van der Waals surface area (Å²) in [5, 5.41) is 3.12. The van der Waals surface area contributed by atoms with E-state index in [1.807, 2.05) is 27.0 Å². The Labute approximate surface area is 128 Å². The Morgan fingerprint density at radius 3 is 2.60 bits per heavy atom. The number of sulfonamides is 1. The van der Waals surface area contributed by atoms with E-state index in [2.05, 4.69) is 5.32 Å². The van der Waals surface area contributed by atoms with Gasteiger partial charge in [0.15, 0.2) is 0 Å². The van der Waals surface area contributed by atoms with E-state index in [4.69, 9.17) is 0 Å². The maximum atomic E-state index is 12.6.